The minimum Gasteiger partial charge on any atom is -0.507 e. The second-order valence-corrected chi connectivity index (χ2v) is 7.44. The van der Waals surface area contributed by atoms with Gasteiger partial charge in [0.05, 0.1) is 24.3 Å². The number of nitrogens with zero attached hydrogens (tertiary/aromatic N) is 2. The Morgan fingerprint density at radius 1 is 1.00 bits per heavy atom. The monoisotopic (exact) mass is 442 g/mol. The molecule has 1 fully saturated rings. The van der Waals surface area contributed by atoms with E-state index in [2.05, 4.69) is 4.98 Å². The van der Waals surface area contributed by atoms with Crippen LogP contribution >= 0.6 is 0 Å². The molecule has 1 N–H and O–H groups in total. The maximum absolute atomic E-state index is 13.1. The fourth-order valence-electron chi connectivity index (χ4n) is 3.82. The molecule has 7 heteroatoms. The number of esters is 1. The maximum Gasteiger partial charge on any atom is 0.310 e. The molecule has 4 rings (SSSR count). The van der Waals surface area contributed by atoms with Gasteiger partial charge < -0.3 is 9.84 Å². The molecule has 1 amide bonds. The van der Waals surface area contributed by atoms with Crippen LogP contribution in [0.4, 0.5) is 5.69 Å². The number of carbonyl (C=O) groups is 3. The number of aliphatic hydroxyl groups excluding tert-OH is 1. The summed E-state index contributed by atoms with van der Waals surface area (Å²) in [5.74, 6) is -2.16. The first kappa shape index (κ1) is 22.0. The van der Waals surface area contributed by atoms with E-state index in [4.69, 9.17) is 4.74 Å². The molecule has 1 saturated heterocycles. The van der Waals surface area contributed by atoms with E-state index in [1.54, 1.807) is 85.9 Å². The van der Waals surface area contributed by atoms with Gasteiger partial charge in [0.1, 0.15) is 11.8 Å². The third-order valence-electron chi connectivity index (χ3n) is 5.33. The smallest absolute Gasteiger partial charge is 0.310 e. The van der Waals surface area contributed by atoms with E-state index < -0.39 is 17.7 Å². The zero-order valence-electron chi connectivity index (χ0n) is 18.0. The van der Waals surface area contributed by atoms with Crippen molar-refractivity contribution in [1.29, 1.82) is 0 Å². The molecule has 33 heavy (non-hydrogen) atoms. The Hall–Kier alpha value is -4.26. The minimum absolute atomic E-state index is 0.0273. The fourth-order valence-corrected chi connectivity index (χ4v) is 3.82. The number of amides is 1. The minimum atomic E-state index is -0.901. The highest BCUT2D eigenvalue weighted by atomic mass is 16.5. The Labute approximate surface area is 191 Å². The molecule has 1 aliphatic rings. The Bertz CT molecular complexity index is 1200. The van der Waals surface area contributed by atoms with Crippen LogP contribution in [-0.4, -0.2) is 34.4 Å². The number of hydrogen-bond acceptors (Lipinski definition) is 6. The van der Waals surface area contributed by atoms with E-state index in [0.717, 1.165) is 0 Å². The van der Waals surface area contributed by atoms with Crippen molar-refractivity contribution in [1.82, 2.24) is 4.98 Å². The molecule has 0 spiro atoms. The van der Waals surface area contributed by atoms with Crippen molar-refractivity contribution in [2.24, 2.45) is 0 Å². The fraction of sp³-hybridized carbons (Fsp3) is 0.154. The Kier molecular flexibility index (Phi) is 6.31. The van der Waals surface area contributed by atoms with Crippen LogP contribution in [0, 0.1) is 0 Å². The van der Waals surface area contributed by atoms with Crippen LogP contribution in [-0.2, 0) is 25.5 Å². The SMILES string of the molecule is CCOC(=O)Cc1ccc(N2C(=O)C(=O)/C(=C(\O)c3ccccc3)C2c2ccccn2)cc1. The van der Waals surface area contributed by atoms with Gasteiger partial charge in [-0.25, -0.2) is 0 Å². The standard InChI is InChI=1S/C26H22N2O5/c1-2-33-21(29)16-17-11-13-19(14-12-17)28-23(20-10-6-7-15-27-20)22(25(31)26(28)32)24(30)18-8-4-3-5-9-18/h3-15,23,30H,2,16H2,1H3/b24-22-. The summed E-state index contributed by atoms with van der Waals surface area (Å²) in [5, 5.41) is 11.0. The summed E-state index contributed by atoms with van der Waals surface area (Å²) in [7, 11) is 0. The maximum atomic E-state index is 13.1. The number of carbonyl (C=O) groups excluding carboxylic acids is 3. The normalized spacial score (nSPS) is 17.2. The van der Waals surface area contributed by atoms with Gasteiger partial charge in [0, 0.05) is 17.4 Å². The van der Waals surface area contributed by atoms with Gasteiger partial charge in [0.25, 0.3) is 11.7 Å². The number of benzene rings is 2. The molecule has 2 aromatic carbocycles. The number of aliphatic hydroxyl groups is 1. The molecule has 0 radical (unpaired) electrons. The van der Waals surface area contributed by atoms with E-state index in [-0.39, 0.29) is 23.7 Å². The Morgan fingerprint density at radius 3 is 2.33 bits per heavy atom. The van der Waals surface area contributed by atoms with Gasteiger partial charge in [0.2, 0.25) is 0 Å². The molecule has 7 nitrogen and oxygen atoms in total. The first-order chi connectivity index (χ1) is 16.0. The highest BCUT2D eigenvalue weighted by Gasteiger charge is 2.47. The molecule has 3 aromatic rings. The summed E-state index contributed by atoms with van der Waals surface area (Å²) in [6, 6.07) is 19.6. The van der Waals surface area contributed by atoms with Crippen LogP contribution in [0.5, 0.6) is 0 Å². The molecule has 1 aromatic heterocycles. The predicted molar refractivity (Wildman–Crippen MR) is 122 cm³/mol. The first-order valence-electron chi connectivity index (χ1n) is 10.5. The molecule has 1 aliphatic heterocycles. The zero-order chi connectivity index (χ0) is 23.4. The second-order valence-electron chi connectivity index (χ2n) is 7.44. The van der Waals surface area contributed by atoms with Crippen molar-refractivity contribution >= 4 is 29.1 Å². The van der Waals surface area contributed by atoms with Crippen LogP contribution in [0.3, 0.4) is 0 Å². The number of pyridine rings is 1. The molecule has 0 bridgehead atoms. The average Bonchev–Trinajstić information content (AvgIpc) is 3.11. The number of Topliss-reactive ketones (excluding diaryl/α,β-unsaturated/α-hetero) is 1. The lowest BCUT2D eigenvalue weighted by molar-refractivity contribution is -0.142. The molecule has 1 unspecified atom stereocenters. The van der Waals surface area contributed by atoms with Gasteiger partial charge in [-0.2, -0.15) is 0 Å². The molecule has 1 atom stereocenters. The molecule has 0 saturated carbocycles. The predicted octanol–water partition coefficient (Wildman–Crippen LogP) is 3.81. The van der Waals surface area contributed by atoms with Gasteiger partial charge in [-0.15, -0.1) is 0 Å². The summed E-state index contributed by atoms with van der Waals surface area (Å²) in [4.78, 5) is 43.6. The number of ether oxygens (including phenoxy) is 1. The van der Waals surface area contributed by atoms with Crippen molar-refractivity contribution in [3.05, 3.63) is 101 Å². The second kappa shape index (κ2) is 9.48. The summed E-state index contributed by atoms with van der Waals surface area (Å²) in [5.41, 5.74) is 2.02. The van der Waals surface area contributed by atoms with Crippen LogP contribution in [0.25, 0.3) is 5.76 Å². The number of rotatable bonds is 6. The first-order valence-corrected chi connectivity index (χ1v) is 10.5. The van der Waals surface area contributed by atoms with Gasteiger partial charge in [0.15, 0.2) is 0 Å². The number of aromatic nitrogens is 1. The van der Waals surface area contributed by atoms with E-state index in [9.17, 15) is 19.5 Å². The van der Waals surface area contributed by atoms with Gasteiger partial charge in [-0.05, 0) is 36.8 Å². The number of hydrogen-bond donors (Lipinski definition) is 1. The summed E-state index contributed by atoms with van der Waals surface area (Å²) >= 11 is 0. The van der Waals surface area contributed by atoms with Crippen molar-refractivity contribution < 1.29 is 24.2 Å². The van der Waals surface area contributed by atoms with E-state index in [1.165, 1.54) is 4.90 Å². The van der Waals surface area contributed by atoms with Crippen molar-refractivity contribution in [2.75, 3.05) is 11.5 Å². The highest BCUT2D eigenvalue weighted by molar-refractivity contribution is 6.51. The third-order valence-corrected chi connectivity index (χ3v) is 5.33. The van der Waals surface area contributed by atoms with Crippen molar-refractivity contribution in [2.45, 2.75) is 19.4 Å². The van der Waals surface area contributed by atoms with Crippen LogP contribution in [0.15, 0.2) is 84.6 Å². The molecule has 0 aliphatic carbocycles. The molecular formula is C26H22N2O5. The van der Waals surface area contributed by atoms with Crippen LogP contribution < -0.4 is 4.90 Å². The lowest BCUT2D eigenvalue weighted by Crippen LogP contribution is -2.29. The van der Waals surface area contributed by atoms with Gasteiger partial charge in [-0.1, -0.05) is 48.5 Å². The molecule has 166 valence electrons. The topological polar surface area (TPSA) is 96.8 Å². The number of anilines is 1. The quantitative estimate of drug-likeness (QED) is 0.270. The summed E-state index contributed by atoms with van der Waals surface area (Å²) in [6.45, 7) is 2.04. The van der Waals surface area contributed by atoms with E-state index >= 15 is 0 Å². The van der Waals surface area contributed by atoms with Gasteiger partial charge in [-0.3, -0.25) is 24.3 Å². The highest BCUT2D eigenvalue weighted by Crippen LogP contribution is 2.41. The molecular weight excluding hydrogens is 420 g/mol. The Morgan fingerprint density at radius 2 is 1.70 bits per heavy atom. The molecule has 2 heterocycles. The average molecular weight is 442 g/mol. The lowest BCUT2D eigenvalue weighted by atomic mass is 9.98. The summed E-state index contributed by atoms with van der Waals surface area (Å²) < 4.78 is 4.97. The summed E-state index contributed by atoms with van der Waals surface area (Å²) in [6.07, 6.45) is 1.67. The van der Waals surface area contributed by atoms with Crippen molar-refractivity contribution in [3.63, 3.8) is 0 Å². The third kappa shape index (κ3) is 4.39. The lowest BCUT2D eigenvalue weighted by Gasteiger charge is -2.24. The zero-order valence-corrected chi connectivity index (χ0v) is 18.0. The van der Waals surface area contributed by atoms with Crippen LogP contribution in [0.2, 0.25) is 0 Å². The van der Waals surface area contributed by atoms with Gasteiger partial charge >= 0.3 is 5.97 Å². The largest absolute Gasteiger partial charge is 0.507 e. The van der Waals surface area contributed by atoms with Crippen molar-refractivity contribution in [3.8, 4) is 0 Å². The van der Waals surface area contributed by atoms with E-state index in [1.807, 2.05) is 0 Å². The van der Waals surface area contributed by atoms with Crippen LogP contribution in [0.1, 0.15) is 29.8 Å². The Balaban J connectivity index is 1.78. The number of ketones is 1. The van der Waals surface area contributed by atoms with E-state index in [0.29, 0.717) is 29.1 Å².